The third-order valence-electron chi connectivity index (χ3n) is 11.9. The van der Waals surface area contributed by atoms with Gasteiger partial charge in [-0.15, -0.1) is 0 Å². The standard InChI is InChI=1S/C64H52N6O2/c1-63(2,3)61-41-49(59(43-65)67-7)39-57(71-61)37-23-45-19-29-53(30-20-45)69(51-15-11-9-12-16-51)55-33-25-47(26-34-55)48-27-35-56(36-28-48)70(52-17-13-10-14-18-52)54-31-21-46(22-32-54)24-38-58-40-50(60(44-66)68-8)42-62(72-58)64(4,5)6/h9-42H,1-6H3. The number of anilines is 6. The van der Waals surface area contributed by atoms with Crippen LogP contribution in [0.25, 0.3) is 33.0 Å². The molecule has 2 heterocycles. The molecule has 0 bridgehead atoms. The van der Waals surface area contributed by atoms with Gasteiger partial charge in [0, 0.05) is 45.0 Å². The normalized spacial score (nSPS) is 15.0. The molecule has 0 radical (unpaired) electrons. The minimum absolute atomic E-state index is 0.0289. The Bertz CT molecular complexity index is 3140. The maximum absolute atomic E-state index is 9.57. The molecule has 0 N–H and O–H groups in total. The zero-order chi connectivity index (χ0) is 50.8. The van der Waals surface area contributed by atoms with Crippen molar-refractivity contribution >= 4 is 46.3 Å². The highest BCUT2D eigenvalue weighted by Crippen LogP contribution is 2.40. The Morgan fingerprint density at radius 3 is 1.03 bits per heavy atom. The van der Waals surface area contributed by atoms with Crippen molar-refractivity contribution in [3.05, 3.63) is 274 Å². The van der Waals surface area contributed by atoms with Crippen molar-refractivity contribution in [3.8, 4) is 23.3 Å². The Morgan fingerprint density at radius 2 is 0.736 bits per heavy atom. The molecule has 8 nitrogen and oxygen atoms in total. The van der Waals surface area contributed by atoms with Gasteiger partial charge in [0.2, 0.25) is 0 Å². The highest BCUT2D eigenvalue weighted by Gasteiger charge is 2.25. The Labute approximate surface area is 423 Å². The van der Waals surface area contributed by atoms with E-state index in [0.717, 1.165) is 56.4 Å². The predicted molar refractivity (Wildman–Crippen MR) is 291 cm³/mol. The summed E-state index contributed by atoms with van der Waals surface area (Å²) in [6.45, 7) is 27.2. The van der Waals surface area contributed by atoms with Crippen LogP contribution in [0.4, 0.5) is 34.1 Å². The molecule has 0 aliphatic carbocycles. The summed E-state index contributed by atoms with van der Waals surface area (Å²) in [6.07, 6.45) is 14.7. The lowest BCUT2D eigenvalue weighted by atomic mass is 9.91. The highest BCUT2D eigenvalue weighted by molar-refractivity contribution is 5.81. The van der Waals surface area contributed by atoms with Gasteiger partial charge in [-0.3, -0.25) is 0 Å². The van der Waals surface area contributed by atoms with Crippen molar-refractivity contribution in [1.29, 1.82) is 10.5 Å². The van der Waals surface area contributed by atoms with Gasteiger partial charge in [-0.05, 0) is 143 Å². The van der Waals surface area contributed by atoms with Crippen LogP contribution < -0.4 is 9.80 Å². The molecular weight excluding hydrogens is 885 g/mol. The Balaban J connectivity index is 1.01. The number of rotatable bonds is 11. The van der Waals surface area contributed by atoms with Crippen LogP contribution >= 0.6 is 0 Å². The van der Waals surface area contributed by atoms with E-state index >= 15 is 0 Å². The zero-order valence-corrected chi connectivity index (χ0v) is 41.1. The summed E-state index contributed by atoms with van der Waals surface area (Å²) in [7, 11) is 0. The fourth-order valence-electron chi connectivity index (χ4n) is 8.01. The smallest absolute Gasteiger partial charge is 0.269 e. The van der Waals surface area contributed by atoms with E-state index < -0.39 is 0 Å². The number of ether oxygens (including phenoxy) is 2. The molecule has 2 aliphatic heterocycles. The van der Waals surface area contributed by atoms with Crippen molar-refractivity contribution in [3.63, 3.8) is 0 Å². The summed E-state index contributed by atoms with van der Waals surface area (Å²) in [6, 6.07) is 58.5. The molecule has 8 heteroatoms. The van der Waals surface area contributed by atoms with Crippen LogP contribution in [0.2, 0.25) is 0 Å². The second kappa shape index (κ2) is 21.4. The summed E-state index contributed by atoms with van der Waals surface area (Å²) in [5.41, 5.74) is 10.7. The first-order valence-electron chi connectivity index (χ1n) is 23.5. The second-order valence-electron chi connectivity index (χ2n) is 19.2. The van der Waals surface area contributed by atoms with Crippen LogP contribution in [0.15, 0.2) is 240 Å². The van der Waals surface area contributed by atoms with Gasteiger partial charge in [0.05, 0.1) is 25.3 Å². The molecule has 0 saturated carbocycles. The Morgan fingerprint density at radius 1 is 0.431 bits per heavy atom. The molecule has 350 valence electrons. The van der Waals surface area contributed by atoms with Gasteiger partial charge in [0.15, 0.2) is 0 Å². The van der Waals surface area contributed by atoms with E-state index in [1.54, 1.807) is 24.3 Å². The molecule has 6 aromatic rings. The average molecular weight is 937 g/mol. The number of nitrogens with zero attached hydrogens (tertiary/aromatic N) is 6. The van der Waals surface area contributed by atoms with E-state index in [-0.39, 0.29) is 22.2 Å². The molecule has 8 rings (SSSR count). The Hall–Kier alpha value is -9.60. The number of benzene rings is 6. The lowest BCUT2D eigenvalue weighted by Crippen LogP contribution is -2.15. The molecule has 2 aliphatic rings. The van der Waals surface area contributed by atoms with E-state index in [2.05, 4.69) is 141 Å². The maximum Gasteiger partial charge on any atom is 0.269 e. The van der Waals surface area contributed by atoms with Gasteiger partial charge in [-0.1, -0.05) is 139 Å². The molecule has 0 spiro atoms. The van der Waals surface area contributed by atoms with Crippen LogP contribution in [0, 0.1) is 46.6 Å². The number of nitriles is 2. The first kappa shape index (κ1) is 48.8. The van der Waals surface area contributed by atoms with Gasteiger partial charge in [-0.2, -0.15) is 0 Å². The molecule has 6 aromatic carbocycles. The van der Waals surface area contributed by atoms with Crippen molar-refractivity contribution in [2.75, 3.05) is 9.80 Å². The molecule has 0 fully saturated rings. The number of allylic oxidation sites excluding steroid dienone is 12. The van der Waals surface area contributed by atoms with E-state index in [1.807, 2.05) is 114 Å². The van der Waals surface area contributed by atoms with Crippen LogP contribution in [-0.4, -0.2) is 0 Å². The first-order valence-corrected chi connectivity index (χ1v) is 23.5. The van der Waals surface area contributed by atoms with Crippen LogP contribution in [-0.2, 0) is 9.47 Å². The topological polar surface area (TPSA) is 81.2 Å². The van der Waals surface area contributed by atoms with Crippen molar-refractivity contribution < 1.29 is 9.47 Å². The van der Waals surface area contributed by atoms with Gasteiger partial charge in [0.25, 0.3) is 11.4 Å². The maximum atomic E-state index is 9.57. The summed E-state index contributed by atoms with van der Waals surface area (Å²) >= 11 is 0. The minimum Gasteiger partial charge on any atom is -0.461 e. The number of hydrogen-bond donors (Lipinski definition) is 0. The quantitative estimate of drug-likeness (QED) is 0.0951. The van der Waals surface area contributed by atoms with Gasteiger partial charge < -0.3 is 19.3 Å². The van der Waals surface area contributed by atoms with E-state index in [9.17, 15) is 10.5 Å². The fraction of sp³-hybridized carbons (Fsp3) is 0.125. The lowest BCUT2D eigenvalue weighted by molar-refractivity contribution is 0.223. The summed E-state index contributed by atoms with van der Waals surface area (Å²) in [4.78, 5) is 11.3. The molecule has 0 atom stereocenters. The number of hydrogen-bond acceptors (Lipinski definition) is 6. The third-order valence-corrected chi connectivity index (χ3v) is 11.9. The van der Waals surface area contributed by atoms with Gasteiger partial charge in [0.1, 0.15) is 23.0 Å². The van der Waals surface area contributed by atoms with E-state index in [0.29, 0.717) is 34.2 Å². The molecule has 0 saturated heterocycles. The third kappa shape index (κ3) is 11.5. The Kier molecular flexibility index (Phi) is 14.5. The summed E-state index contributed by atoms with van der Waals surface area (Å²) in [5, 5.41) is 19.1. The van der Waals surface area contributed by atoms with E-state index in [1.165, 1.54) is 0 Å². The second-order valence-corrected chi connectivity index (χ2v) is 19.2. The first-order chi connectivity index (χ1) is 34.7. The molecule has 0 aromatic heterocycles. The van der Waals surface area contributed by atoms with Gasteiger partial charge in [-0.25, -0.2) is 20.2 Å². The molecule has 0 amide bonds. The zero-order valence-electron chi connectivity index (χ0n) is 41.1. The van der Waals surface area contributed by atoms with Crippen LogP contribution in [0.1, 0.15) is 52.7 Å². The minimum atomic E-state index is -0.314. The molecule has 0 unspecified atom stereocenters. The average Bonchev–Trinajstić information content (AvgIpc) is 3.39. The number of para-hydroxylation sites is 2. The lowest BCUT2D eigenvalue weighted by Gasteiger charge is -2.27. The van der Waals surface area contributed by atoms with Crippen molar-refractivity contribution in [2.45, 2.75) is 41.5 Å². The van der Waals surface area contributed by atoms with Crippen LogP contribution in [0.5, 0.6) is 0 Å². The van der Waals surface area contributed by atoms with Crippen molar-refractivity contribution in [1.82, 2.24) is 0 Å². The van der Waals surface area contributed by atoms with Crippen molar-refractivity contribution in [2.24, 2.45) is 10.8 Å². The SMILES string of the molecule is [C-]#[N+]C(C#N)=C1C=C(C=Cc2ccc(N(c3ccccc3)c3ccc(-c4ccc(N(c5ccccc5)c5ccc(C=CC6=CC(=C(C#N)[N+]#[C-])C=C(C(C)(C)C)O6)cc5)cc4)cc3)cc2)OC(C(C)(C)C)=C1. The highest BCUT2D eigenvalue weighted by atomic mass is 16.5. The molecule has 72 heavy (non-hydrogen) atoms. The monoisotopic (exact) mass is 936 g/mol. The largest absolute Gasteiger partial charge is 0.461 e. The summed E-state index contributed by atoms with van der Waals surface area (Å²) in [5.74, 6) is 2.50. The predicted octanol–water partition coefficient (Wildman–Crippen LogP) is 17.4. The van der Waals surface area contributed by atoms with Gasteiger partial charge >= 0.3 is 0 Å². The fourth-order valence-corrected chi connectivity index (χ4v) is 8.01. The van der Waals surface area contributed by atoms with E-state index in [4.69, 9.17) is 22.6 Å². The van der Waals surface area contributed by atoms with Crippen LogP contribution in [0.3, 0.4) is 0 Å². The summed E-state index contributed by atoms with van der Waals surface area (Å²) < 4.78 is 12.4. The molecular formula is C64H52N6O2.